The van der Waals surface area contributed by atoms with Gasteiger partial charge < -0.3 is 21.5 Å². The summed E-state index contributed by atoms with van der Waals surface area (Å²) in [7, 11) is 1.63. The second-order valence-electron chi connectivity index (χ2n) is 3.11. The molecule has 0 rings (SSSR count). The Labute approximate surface area is 108 Å². The van der Waals surface area contributed by atoms with Gasteiger partial charge in [-0.2, -0.15) is 0 Å². The van der Waals surface area contributed by atoms with Crippen molar-refractivity contribution in [3.63, 3.8) is 0 Å². The first-order chi connectivity index (χ1) is 8.39. The van der Waals surface area contributed by atoms with Crippen molar-refractivity contribution in [1.29, 1.82) is 0 Å². The summed E-state index contributed by atoms with van der Waals surface area (Å²) in [4.78, 5) is 30.1. The molecule has 5 N–H and O–H groups in total. The van der Waals surface area contributed by atoms with Gasteiger partial charge in [0.1, 0.15) is 6.54 Å². The van der Waals surface area contributed by atoms with Crippen LogP contribution in [0.25, 0.3) is 0 Å². The van der Waals surface area contributed by atoms with E-state index >= 15 is 0 Å². The summed E-state index contributed by atoms with van der Waals surface area (Å²) in [5.74, 6) is -1.44. The van der Waals surface area contributed by atoms with Crippen LogP contribution in [-0.4, -0.2) is 43.0 Å². The van der Waals surface area contributed by atoms with Gasteiger partial charge in [-0.05, 0) is 0 Å². The third-order valence-corrected chi connectivity index (χ3v) is 1.22. The summed E-state index contributed by atoms with van der Waals surface area (Å²) in [6.07, 6.45) is 1.83. The van der Waals surface area contributed by atoms with Crippen molar-refractivity contribution < 1.29 is 19.5 Å². The summed E-state index contributed by atoms with van der Waals surface area (Å²) in [6, 6.07) is 0. The maximum Gasteiger partial charge on any atom is 0.322 e. The maximum absolute atomic E-state index is 10.2. The molecule has 0 aliphatic heterocycles. The van der Waals surface area contributed by atoms with Gasteiger partial charge in [-0.3, -0.25) is 14.4 Å². The number of hydrogen-bond donors (Lipinski definition) is 4. The minimum Gasteiger partial charge on any atom is -0.480 e. The molecule has 0 bridgehead atoms. The normalized spacial score (nSPS) is 7.83. The van der Waals surface area contributed by atoms with Gasteiger partial charge >= 0.3 is 5.97 Å². The van der Waals surface area contributed by atoms with Crippen LogP contribution in [-0.2, 0) is 14.4 Å². The number of carboxylic acid groups (broad SMARTS) is 1. The Kier molecular flexibility index (Phi) is 21.3. The minimum atomic E-state index is -1.07. The summed E-state index contributed by atoms with van der Waals surface area (Å²) < 4.78 is 0. The second-order valence-corrected chi connectivity index (χ2v) is 3.11. The fourth-order valence-corrected chi connectivity index (χ4v) is 0.423. The van der Waals surface area contributed by atoms with Crippen LogP contribution in [0.2, 0.25) is 0 Å². The molecule has 0 aromatic carbocycles. The van der Waals surface area contributed by atoms with Gasteiger partial charge in [0.25, 0.3) is 0 Å². The molecule has 0 saturated heterocycles. The smallest absolute Gasteiger partial charge is 0.322 e. The molecule has 0 heterocycles. The van der Waals surface area contributed by atoms with Gasteiger partial charge in [-0.15, -0.1) is 0 Å². The molecular formula is C11H25N3O4. The first-order valence-electron chi connectivity index (χ1n) is 5.78. The van der Waals surface area contributed by atoms with Crippen molar-refractivity contribution in [3.05, 3.63) is 0 Å². The Morgan fingerprint density at radius 2 is 1.56 bits per heavy atom. The molecule has 0 unspecified atom stereocenters. The van der Waals surface area contributed by atoms with Crippen LogP contribution >= 0.6 is 0 Å². The average Bonchev–Trinajstić information content (AvgIpc) is 2.36. The molecule has 2 amide bonds. The van der Waals surface area contributed by atoms with Crippen LogP contribution in [0.15, 0.2) is 0 Å². The number of nitrogens with two attached hydrogens (primary N) is 1. The number of hydrogen-bond acceptors (Lipinski definition) is 4. The molecule has 0 aliphatic carbocycles. The zero-order chi connectivity index (χ0) is 15.0. The molecule has 108 valence electrons. The van der Waals surface area contributed by atoms with E-state index in [-0.39, 0.29) is 19.0 Å². The number of nitrogens with one attached hydrogen (secondary N) is 2. The Hall–Kier alpha value is -1.63. The molecule has 7 nitrogen and oxygen atoms in total. The lowest BCUT2D eigenvalue weighted by Crippen LogP contribution is -2.34. The fourth-order valence-electron chi connectivity index (χ4n) is 0.423. The van der Waals surface area contributed by atoms with Crippen LogP contribution < -0.4 is 16.4 Å². The molecule has 18 heavy (non-hydrogen) atoms. The SMILES string of the molecule is CCC.CCC(=O)NC.NCC(=O)NCC(=O)O. The zero-order valence-corrected chi connectivity index (χ0v) is 11.6. The van der Waals surface area contributed by atoms with E-state index in [1.165, 1.54) is 6.42 Å². The fraction of sp³-hybridized carbons (Fsp3) is 0.727. The largest absolute Gasteiger partial charge is 0.480 e. The summed E-state index contributed by atoms with van der Waals surface area (Å²) in [5, 5.41) is 12.5. The summed E-state index contributed by atoms with van der Waals surface area (Å²) in [6.45, 7) is 5.53. The van der Waals surface area contributed by atoms with Crippen molar-refractivity contribution in [2.24, 2.45) is 5.73 Å². The van der Waals surface area contributed by atoms with Gasteiger partial charge in [-0.1, -0.05) is 27.2 Å². The topological polar surface area (TPSA) is 122 Å². The van der Waals surface area contributed by atoms with Gasteiger partial charge in [0.2, 0.25) is 11.8 Å². The number of aliphatic carboxylic acids is 1. The van der Waals surface area contributed by atoms with Crippen molar-refractivity contribution in [3.8, 4) is 0 Å². The van der Waals surface area contributed by atoms with Gasteiger partial charge in [0.05, 0.1) is 6.54 Å². The third kappa shape index (κ3) is 29.3. The zero-order valence-electron chi connectivity index (χ0n) is 11.6. The lowest BCUT2D eigenvalue weighted by atomic mass is 10.5. The first-order valence-corrected chi connectivity index (χ1v) is 5.78. The third-order valence-electron chi connectivity index (χ3n) is 1.22. The quantitative estimate of drug-likeness (QED) is 0.555. The van der Waals surface area contributed by atoms with E-state index in [0.29, 0.717) is 6.42 Å². The summed E-state index contributed by atoms with van der Waals surface area (Å²) >= 11 is 0. The molecule has 0 fully saturated rings. The Morgan fingerprint density at radius 3 is 1.72 bits per heavy atom. The van der Waals surface area contributed by atoms with Crippen molar-refractivity contribution in [1.82, 2.24) is 10.6 Å². The number of carbonyl (C=O) groups excluding carboxylic acids is 2. The Bertz CT molecular complexity index is 226. The van der Waals surface area contributed by atoms with E-state index < -0.39 is 11.9 Å². The lowest BCUT2D eigenvalue weighted by molar-refractivity contribution is -0.137. The molecule has 0 aromatic rings. The molecule has 0 atom stereocenters. The number of carbonyl (C=O) groups is 3. The van der Waals surface area contributed by atoms with Crippen molar-refractivity contribution in [2.45, 2.75) is 33.6 Å². The van der Waals surface area contributed by atoms with E-state index in [2.05, 4.69) is 24.5 Å². The molecule has 0 radical (unpaired) electrons. The van der Waals surface area contributed by atoms with E-state index in [1.54, 1.807) is 7.05 Å². The van der Waals surface area contributed by atoms with Crippen LogP contribution in [0.5, 0.6) is 0 Å². The highest BCUT2D eigenvalue weighted by Crippen LogP contribution is 1.68. The van der Waals surface area contributed by atoms with E-state index in [4.69, 9.17) is 10.8 Å². The Balaban J connectivity index is -0.000000216. The van der Waals surface area contributed by atoms with E-state index in [1.807, 2.05) is 6.92 Å². The standard InChI is InChI=1S/C4H8N2O3.C4H9NO.C3H8/c5-1-3(7)6-2-4(8)9;1-3-4(6)5-2;1-3-2/h1-2,5H2,(H,6,7)(H,8,9);3H2,1-2H3,(H,5,6);3H2,1-2H3. The van der Waals surface area contributed by atoms with E-state index in [0.717, 1.165) is 0 Å². The summed E-state index contributed by atoms with van der Waals surface area (Å²) in [5.41, 5.74) is 4.85. The maximum atomic E-state index is 10.2. The van der Waals surface area contributed by atoms with Crippen LogP contribution in [0.3, 0.4) is 0 Å². The monoisotopic (exact) mass is 263 g/mol. The average molecular weight is 263 g/mol. The molecular weight excluding hydrogens is 238 g/mol. The predicted molar refractivity (Wildman–Crippen MR) is 70.0 cm³/mol. The predicted octanol–water partition coefficient (Wildman–Crippen LogP) is -0.295. The number of rotatable bonds is 4. The van der Waals surface area contributed by atoms with Crippen LogP contribution in [0.1, 0.15) is 33.6 Å². The van der Waals surface area contributed by atoms with Crippen molar-refractivity contribution >= 4 is 17.8 Å². The highest BCUT2D eigenvalue weighted by Gasteiger charge is 1.98. The lowest BCUT2D eigenvalue weighted by Gasteiger charge is -1.95. The van der Waals surface area contributed by atoms with Crippen molar-refractivity contribution in [2.75, 3.05) is 20.1 Å². The van der Waals surface area contributed by atoms with Crippen LogP contribution in [0, 0.1) is 0 Å². The molecule has 0 spiro atoms. The first kappa shape index (κ1) is 21.6. The molecule has 0 saturated carbocycles. The minimum absolute atomic E-state index is 0.0926. The second kappa shape index (κ2) is 17.8. The Morgan fingerprint density at radius 1 is 1.11 bits per heavy atom. The van der Waals surface area contributed by atoms with Gasteiger partial charge in [0, 0.05) is 13.5 Å². The highest BCUT2D eigenvalue weighted by atomic mass is 16.4. The van der Waals surface area contributed by atoms with E-state index in [9.17, 15) is 14.4 Å². The molecule has 0 aliphatic rings. The molecule has 7 heteroatoms. The van der Waals surface area contributed by atoms with Gasteiger partial charge in [0.15, 0.2) is 0 Å². The number of carboxylic acids is 1. The highest BCUT2D eigenvalue weighted by molar-refractivity contribution is 5.82. The van der Waals surface area contributed by atoms with Gasteiger partial charge in [-0.25, -0.2) is 0 Å². The molecule has 0 aromatic heterocycles. The van der Waals surface area contributed by atoms with Crippen LogP contribution in [0.4, 0.5) is 0 Å². The number of amides is 2.